The molecule has 0 aromatic heterocycles. The molecule has 0 saturated carbocycles. The summed E-state index contributed by atoms with van der Waals surface area (Å²) in [6.45, 7) is 0.136. The first-order chi connectivity index (χ1) is 14.6. The summed E-state index contributed by atoms with van der Waals surface area (Å²) in [6.07, 6.45) is 1.72. The predicted octanol–water partition coefficient (Wildman–Crippen LogP) is 4.45. The third kappa shape index (κ3) is 4.14. The van der Waals surface area contributed by atoms with Crippen LogP contribution >= 0.6 is 0 Å². The van der Waals surface area contributed by atoms with Gasteiger partial charge in [-0.15, -0.1) is 0 Å². The summed E-state index contributed by atoms with van der Waals surface area (Å²) in [7, 11) is -3.80. The minimum absolute atomic E-state index is 0.136. The van der Waals surface area contributed by atoms with Crippen molar-refractivity contribution in [3.05, 3.63) is 114 Å². The van der Waals surface area contributed by atoms with Crippen LogP contribution in [0, 0.1) is 0 Å². The van der Waals surface area contributed by atoms with E-state index in [4.69, 9.17) is 4.74 Å². The van der Waals surface area contributed by atoms with Gasteiger partial charge in [0.1, 0.15) is 6.61 Å². The molecule has 1 saturated heterocycles. The molecule has 3 aromatic rings. The fourth-order valence-electron chi connectivity index (χ4n) is 3.44. The summed E-state index contributed by atoms with van der Waals surface area (Å²) in [5.41, 5.74) is 2.17. The van der Waals surface area contributed by atoms with Gasteiger partial charge >= 0.3 is 5.97 Å². The van der Waals surface area contributed by atoms with Crippen LogP contribution in [-0.2, 0) is 26.2 Å². The highest BCUT2D eigenvalue weighted by Crippen LogP contribution is 2.45. The molecule has 152 valence electrons. The van der Waals surface area contributed by atoms with Gasteiger partial charge in [-0.3, -0.25) is 4.31 Å². The Morgan fingerprint density at radius 2 is 1.47 bits per heavy atom. The zero-order valence-electron chi connectivity index (χ0n) is 16.2. The summed E-state index contributed by atoms with van der Waals surface area (Å²) in [6, 6.07) is 26.6. The van der Waals surface area contributed by atoms with Gasteiger partial charge in [-0.25, -0.2) is 13.2 Å². The number of sulfonamides is 1. The summed E-state index contributed by atoms with van der Waals surface area (Å²) in [5.74, 6) is -0.561. The number of ether oxygens (including phenoxy) is 1. The van der Waals surface area contributed by atoms with Gasteiger partial charge in [-0.2, -0.15) is 0 Å². The van der Waals surface area contributed by atoms with E-state index in [1.807, 2.05) is 60.7 Å². The zero-order chi connectivity index (χ0) is 21.0. The van der Waals surface area contributed by atoms with Crippen molar-refractivity contribution in [3.63, 3.8) is 0 Å². The second kappa shape index (κ2) is 8.55. The molecule has 0 spiro atoms. The van der Waals surface area contributed by atoms with Crippen LogP contribution in [0.25, 0.3) is 0 Å². The van der Waals surface area contributed by atoms with Crippen molar-refractivity contribution in [1.82, 2.24) is 4.31 Å². The fraction of sp³-hybridized carbons (Fsp3) is 0.125. The molecule has 0 N–H and O–H groups in total. The van der Waals surface area contributed by atoms with Gasteiger partial charge < -0.3 is 4.74 Å². The van der Waals surface area contributed by atoms with E-state index in [1.165, 1.54) is 10.4 Å². The summed E-state index contributed by atoms with van der Waals surface area (Å²) >= 11 is 0. The number of hydrogen-bond donors (Lipinski definition) is 0. The number of nitrogens with zero attached hydrogens (tertiary/aromatic N) is 1. The molecule has 1 fully saturated rings. The summed E-state index contributed by atoms with van der Waals surface area (Å²) < 4.78 is 33.2. The van der Waals surface area contributed by atoms with Crippen LogP contribution in [0.5, 0.6) is 0 Å². The van der Waals surface area contributed by atoms with E-state index in [1.54, 1.807) is 30.3 Å². The van der Waals surface area contributed by atoms with Crippen molar-refractivity contribution in [2.75, 3.05) is 0 Å². The number of esters is 1. The SMILES string of the molecule is O=C(/C=C1\CC(c2ccccc2)N1S(=O)(=O)c1ccccc1)OCc1ccccc1. The highest BCUT2D eigenvalue weighted by Gasteiger charge is 2.43. The van der Waals surface area contributed by atoms with Gasteiger partial charge in [0, 0.05) is 18.2 Å². The fourth-order valence-corrected chi connectivity index (χ4v) is 5.14. The van der Waals surface area contributed by atoms with E-state index in [9.17, 15) is 13.2 Å². The molecule has 1 unspecified atom stereocenters. The Morgan fingerprint density at radius 1 is 0.900 bits per heavy atom. The number of carbonyl (C=O) groups excluding carboxylic acids is 1. The molecule has 0 radical (unpaired) electrons. The normalized spacial score (nSPS) is 17.4. The van der Waals surface area contributed by atoms with Gasteiger partial charge in [0.25, 0.3) is 10.0 Å². The first-order valence-electron chi connectivity index (χ1n) is 9.61. The highest BCUT2D eigenvalue weighted by atomic mass is 32.2. The molecule has 0 aliphatic carbocycles. The predicted molar refractivity (Wildman–Crippen MR) is 114 cm³/mol. The van der Waals surface area contributed by atoms with Crippen LogP contribution < -0.4 is 0 Å². The molecule has 0 amide bonds. The quantitative estimate of drug-likeness (QED) is 0.437. The third-order valence-electron chi connectivity index (χ3n) is 4.96. The Hall–Kier alpha value is -3.38. The molecular weight excluding hydrogens is 398 g/mol. The maximum absolute atomic E-state index is 13.3. The standard InChI is InChI=1S/C24H21NO4S/c26-24(29-18-19-10-4-1-5-11-19)17-21-16-23(20-12-6-2-7-13-20)25(21)30(27,28)22-14-8-3-9-15-22/h1-15,17,23H,16,18H2/b21-17+. The topological polar surface area (TPSA) is 63.7 Å². The lowest BCUT2D eigenvalue weighted by Gasteiger charge is -2.44. The van der Waals surface area contributed by atoms with Crippen LogP contribution in [0.4, 0.5) is 0 Å². The molecular formula is C24H21NO4S. The van der Waals surface area contributed by atoms with Crippen molar-refractivity contribution < 1.29 is 17.9 Å². The molecule has 0 bridgehead atoms. The molecule has 3 aromatic carbocycles. The van der Waals surface area contributed by atoms with Crippen LogP contribution in [0.2, 0.25) is 0 Å². The van der Waals surface area contributed by atoms with Crippen molar-refractivity contribution in [3.8, 4) is 0 Å². The average molecular weight is 420 g/mol. The van der Waals surface area contributed by atoms with Crippen molar-refractivity contribution in [1.29, 1.82) is 0 Å². The van der Waals surface area contributed by atoms with Crippen molar-refractivity contribution >= 4 is 16.0 Å². The van der Waals surface area contributed by atoms with Gasteiger partial charge in [0.05, 0.1) is 10.9 Å². The molecule has 1 aliphatic rings. The minimum Gasteiger partial charge on any atom is -0.458 e. The molecule has 1 heterocycles. The Bertz CT molecular complexity index is 1140. The van der Waals surface area contributed by atoms with Gasteiger partial charge in [0.2, 0.25) is 0 Å². The largest absolute Gasteiger partial charge is 0.458 e. The van der Waals surface area contributed by atoms with E-state index in [0.717, 1.165) is 11.1 Å². The first kappa shape index (κ1) is 19.9. The lowest BCUT2D eigenvalue weighted by Crippen LogP contribution is -2.43. The van der Waals surface area contributed by atoms with Crippen molar-refractivity contribution in [2.24, 2.45) is 0 Å². The van der Waals surface area contributed by atoms with E-state index < -0.39 is 16.0 Å². The number of benzene rings is 3. The molecule has 1 atom stereocenters. The summed E-state index contributed by atoms with van der Waals surface area (Å²) in [4.78, 5) is 12.5. The number of rotatable bonds is 6. The van der Waals surface area contributed by atoms with Gasteiger partial charge in [0.15, 0.2) is 0 Å². The van der Waals surface area contributed by atoms with E-state index in [-0.39, 0.29) is 17.5 Å². The Balaban J connectivity index is 1.59. The smallest absolute Gasteiger partial charge is 0.332 e. The van der Waals surface area contributed by atoms with Crippen LogP contribution in [0.3, 0.4) is 0 Å². The maximum Gasteiger partial charge on any atom is 0.332 e. The zero-order valence-corrected chi connectivity index (χ0v) is 17.0. The molecule has 5 nitrogen and oxygen atoms in total. The second-order valence-corrected chi connectivity index (χ2v) is 8.79. The van der Waals surface area contributed by atoms with Crippen LogP contribution in [-0.4, -0.2) is 18.7 Å². The van der Waals surface area contributed by atoms with Gasteiger partial charge in [-0.1, -0.05) is 78.9 Å². The first-order valence-corrected chi connectivity index (χ1v) is 11.1. The number of carbonyl (C=O) groups is 1. The Morgan fingerprint density at radius 3 is 2.10 bits per heavy atom. The number of hydrogen-bond acceptors (Lipinski definition) is 4. The Kier molecular flexibility index (Phi) is 5.68. The lowest BCUT2D eigenvalue weighted by molar-refractivity contribution is -0.139. The summed E-state index contributed by atoms with van der Waals surface area (Å²) in [5, 5.41) is 0. The van der Waals surface area contributed by atoms with Crippen LogP contribution in [0.1, 0.15) is 23.6 Å². The van der Waals surface area contributed by atoms with Gasteiger partial charge in [-0.05, 0) is 23.3 Å². The van der Waals surface area contributed by atoms with Crippen LogP contribution in [0.15, 0.2) is 108 Å². The highest BCUT2D eigenvalue weighted by molar-refractivity contribution is 7.89. The average Bonchev–Trinajstić information content (AvgIpc) is 2.76. The van der Waals surface area contributed by atoms with Crippen molar-refractivity contribution in [2.45, 2.75) is 24.0 Å². The lowest BCUT2D eigenvalue weighted by atomic mass is 9.94. The maximum atomic E-state index is 13.3. The molecule has 30 heavy (non-hydrogen) atoms. The van der Waals surface area contributed by atoms with E-state index >= 15 is 0 Å². The van der Waals surface area contributed by atoms with E-state index in [2.05, 4.69) is 0 Å². The minimum atomic E-state index is -3.80. The molecule has 6 heteroatoms. The second-order valence-electron chi connectivity index (χ2n) is 6.97. The Labute approximate surface area is 176 Å². The molecule has 4 rings (SSSR count). The third-order valence-corrected chi connectivity index (χ3v) is 6.84. The molecule has 1 aliphatic heterocycles. The monoisotopic (exact) mass is 419 g/mol. The van der Waals surface area contributed by atoms with E-state index in [0.29, 0.717) is 12.1 Å².